The summed E-state index contributed by atoms with van der Waals surface area (Å²) in [7, 11) is -3.16. The second-order valence-corrected chi connectivity index (χ2v) is 6.77. The number of nitrogens with zero attached hydrogens (tertiary/aromatic N) is 1. The lowest BCUT2D eigenvalue weighted by molar-refractivity contribution is 0.235. The topological polar surface area (TPSA) is 63.4 Å². The molecule has 4 nitrogen and oxygen atoms in total. The van der Waals surface area contributed by atoms with Gasteiger partial charge in [-0.15, -0.1) is 0 Å². The molecule has 5 heteroatoms. The molecule has 0 atom stereocenters. The van der Waals surface area contributed by atoms with Crippen LogP contribution in [0.2, 0.25) is 0 Å². The fourth-order valence-electron chi connectivity index (χ4n) is 1.56. The Bertz CT molecular complexity index is 286. The second kappa shape index (κ2) is 6.57. The first-order valence-electron chi connectivity index (χ1n) is 6.02. The maximum atomic E-state index is 12.2. The van der Waals surface area contributed by atoms with Gasteiger partial charge in [-0.2, -0.15) is 4.31 Å². The van der Waals surface area contributed by atoms with E-state index in [4.69, 9.17) is 5.73 Å². The van der Waals surface area contributed by atoms with Crippen molar-refractivity contribution >= 4 is 10.0 Å². The first-order chi connectivity index (χ1) is 7.31. The third kappa shape index (κ3) is 4.39. The zero-order valence-electron chi connectivity index (χ0n) is 11.0. The molecule has 0 aromatic heterocycles. The number of hydrogen-bond donors (Lipinski definition) is 1. The van der Waals surface area contributed by atoms with Crippen LogP contribution in [0.25, 0.3) is 0 Å². The van der Waals surface area contributed by atoms with Crippen LogP contribution in [0.5, 0.6) is 0 Å². The summed E-state index contributed by atoms with van der Waals surface area (Å²) in [6.07, 6.45) is 2.42. The van der Waals surface area contributed by atoms with Crippen LogP contribution < -0.4 is 5.73 Å². The molecule has 0 saturated carbocycles. The third-order valence-corrected chi connectivity index (χ3v) is 4.85. The minimum atomic E-state index is -3.16. The fraction of sp³-hybridized carbons (Fsp3) is 1.00. The lowest BCUT2D eigenvalue weighted by Gasteiger charge is -2.36. The third-order valence-electron chi connectivity index (χ3n) is 2.69. The molecule has 0 fully saturated rings. The minimum Gasteiger partial charge on any atom is -0.329 e. The molecule has 0 saturated heterocycles. The van der Waals surface area contributed by atoms with E-state index < -0.39 is 15.6 Å². The summed E-state index contributed by atoms with van der Waals surface area (Å²) in [5.74, 6) is 0.229. The Balaban J connectivity index is 4.90. The summed E-state index contributed by atoms with van der Waals surface area (Å²) in [6.45, 7) is 8.63. The van der Waals surface area contributed by atoms with Crippen LogP contribution in [0, 0.1) is 0 Å². The highest BCUT2D eigenvalue weighted by Gasteiger charge is 2.33. The van der Waals surface area contributed by atoms with E-state index in [0.717, 1.165) is 12.8 Å². The normalized spacial score (nSPS) is 13.4. The Morgan fingerprint density at radius 3 is 2.12 bits per heavy atom. The van der Waals surface area contributed by atoms with E-state index in [1.165, 1.54) is 0 Å². The lowest BCUT2D eigenvalue weighted by atomic mass is 10.1. The Labute approximate surface area is 100 Å². The van der Waals surface area contributed by atoms with Crippen LogP contribution in [-0.2, 0) is 10.0 Å². The van der Waals surface area contributed by atoms with E-state index in [1.807, 2.05) is 27.7 Å². The van der Waals surface area contributed by atoms with Gasteiger partial charge in [-0.05, 0) is 26.7 Å². The molecule has 0 aromatic carbocycles. The predicted octanol–water partition coefficient (Wildman–Crippen LogP) is 1.57. The molecule has 0 radical (unpaired) electrons. The fourth-order valence-corrected chi connectivity index (χ4v) is 3.72. The van der Waals surface area contributed by atoms with Gasteiger partial charge in [0.2, 0.25) is 10.0 Å². The van der Waals surface area contributed by atoms with Gasteiger partial charge in [0.05, 0.1) is 5.75 Å². The number of rotatable bonds is 8. The van der Waals surface area contributed by atoms with E-state index in [0.29, 0.717) is 19.5 Å². The summed E-state index contributed by atoms with van der Waals surface area (Å²) >= 11 is 0. The molecule has 0 aliphatic rings. The van der Waals surface area contributed by atoms with Crippen LogP contribution in [0.15, 0.2) is 0 Å². The van der Waals surface area contributed by atoms with Crippen molar-refractivity contribution in [2.24, 2.45) is 5.73 Å². The Morgan fingerprint density at radius 2 is 1.75 bits per heavy atom. The zero-order chi connectivity index (χ0) is 12.8. The summed E-state index contributed by atoms with van der Waals surface area (Å²) in [4.78, 5) is 0. The summed E-state index contributed by atoms with van der Waals surface area (Å²) in [5, 5.41) is 0. The van der Waals surface area contributed by atoms with E-state index >= 15 is 0 Å². The quantitative estimate of drug-likeness (QED) is 0.711. The Hall–Kier alpha value is -0.130. The highest BCUT2D eigenvalue weighted by atomic mass is 32.2. The Morgan fingerprint density at radius 1 is 1.19 bits per heavy atom. The summed E-state index contributed by atoms with van der Waals surface area (Å²) in [6, 6.07) is 0. The molecule has 0 rings (SSSR count). The van der Waals surface area contributed by atoms with Gasteiger partial charge < -0.3 is 5.73 Å². The van der Waals surface area contributed by atoms with Crippen molar-refractivity contribution in [2.75, 3.05) is 18.8 Å². The standard InChI is InChI=1S/C11H26N2O2S/c1-5-7-9-16(14,15)13(8-6-2)11(3,4)10-12/h5-10,12H2,1-4H3. The molecule has 0 aromatic rings. The maximum Gasteiger partial charge on any atom is 0.214 e. The largest absolute Gasteiger partial charge is 0.329 e. The molecular formula is C11H26N2O2S. The minimum absolute atomic E-state index is 0.229. The van der Waals surface area contributed by atoms with Crippen molar-refractivity contribution in [3.8, 4) is 0 Å². The maximum absolute atomic E-state index is 12.2. The highest BCUT2D eigenvalue weighted by molar-refractivity contribution is 7.89. The van der Waals surface area contributed by atoms with Gasteiger partial charge in [-0.1, -0.05) is 20.3 Å². The average molecular weight is 250 g/mol. The molecule has 0 bridgehead atoms. The number of hydrogen-bond acceptors (Lipinski definition) is 3. The molecule has 2 N–H and O–H groups in total. The lowest BCUT2D eigenvalue weighted by Crippen LogP contribution is -2.53. The van der Waals surface area contributed by atoms with Crippen molar-refractivity contribution in [3.63, 3.8) is 0 Å². The average Bonchev–Trinajstić information content (AvgIpc) is 2.22. The van der Waals surface area contributed by atoms with Crippen LogP contribution in [-0.4, -0.2) is 37.1 Å². The molecule has 98 valence electrons. The van der Waals surface area contributed by atoms with Crippen molar-refractivity contribution < 1.29 is 8.42 Å². The zero-order valence-corrected chi connectivity index (χ0v) is 11.8. The van der Waals surface area contributed by atoms with Gasteiger partial charge in [0, 0.05) is 18.6 Å². The number of nitrogens with two attached hydrogens (primary N) is 1. The van der Waals surface area contributed by atoms with Gasteiger partial charge in [0.25, 0.3) is 0 Å². The van der Waals surface area contributed by atoms with E-state index in [2.05, 4.69) is 0 Å². The van der Waals surface area contributed by atoms with Crippen LogP contribution in [0.4, 0.5) is 0 Å². The van der Waals surface area contributed by atoms with Gasteiger partial charge in [-0.3, -0.25) is 0 Å². The SMILES string of the molecule is CCCCS(=O)(=O)N(CCC)C(C)(C)CN. The molecule has 0 amide bonds. The van der Waals surface area contributed by atoms with Crippen molar-refractivity contribution in [2.45, 2.75) is 52.5 Å². The van der Waals surface area contributed by atoms with Gasteiger partial charge >= 0.3 is 0 Å². The van der Waals surface area contributed by atoms with Crippen LogP contribution >= 0.6 is 0 Å². The first kappa shape index (κ1) is 15.9. The highest BCUT2D eigenvalue weighted by Crippen LogP contribution is 2.19. The molecule has 0 aliphatic carbocycles. The molecule has 0 heterocycles. The van der Waals surface area contributed by atoms with Gasteiger partial charge in [0.15, 0.2) is 0 Å². The first-order valence-corrected chi connectivity index (χ1v) is 7.63. The molecule has 16 heavy (non-hydrogen) atoms. The second-order valence-electron chi connectivity index (χ2n) is 4.76. The summed E-state index contributed by atoms with van der Waals surface area (Å²) in [5.41, 5.74) is 5.17. The Kier molecular flexibility index (Phi) is 6.51. The van der Waals surface area contributed by atoms with Crippen molar-refractivity contribution in [3.05, 3.63) is 0 Å². The van der Waals surface area contributed by atoms with Gasteiger partial charge in [-0.25, -0.2) is 8.42 Å². The monoisotopic (exact) mass is 250 g/mol. The smallest absolute Gasteiger partial charge is 0.214 e. The van der Waals surface area contributed by atoms with E-state index in [1.54, 1.807) is 4.31 Å². The van der Waals surface area contributed by atoms with E-state index in [9.17, 15) is 8.42 Å². The molecule has 0 spiro atoms. The number of sulfonamides is 1. The molecular weight excluding hydrogens is 224 g/mol. The van der Waals surface area contributed by atoms with E-state index in [-0.39, 0.29) is 5.75 Å². The van der Waals surface area contributed by atoms with Crippen molar-refractivity contribution in [1.29, 1.82) is 0 Å². The van der Waals surface area contributed by atoms with Crippen LogP contribution in [0.3, 0.4) is 0 Å². The van der Waals surface area contributed by atoms with Crippen molar-refractivity contribution in [1.82, 2.24) is 4.31 Å². The van der Waals surface area contributed by atoms with Crippen LogP contribution in [0.1, 0.15) is 47.0 Å². The molecule has 0 unspecified atom stereocenters. The summed E-state index contributed by atoms with van der Waals surface area (Å²) < 4.78 is 25.9. The number of unbranched alkanes of at least 4 members (excludes halogenated alkanes) is 1. The predicted molar refractivity (Wildman–Crippen MR) is 68.8 cm³/mol. The van der Waals surface area contributed by atoms with Gasteiger partial charge in [0.1, 0.15) is 0 Å². The molecule has 0 aliphatic heterocycles.